The van der Waals surface area contributed by atoms with E-state index in [1.165, 1.54) is 49.5 Å². The number of ether oxygens (including phenoxy) is 4. The normalized spacial score (nSPS) is 15.1. The molecule has 0 bridgehead atoms. The Kier molecular flexibility index (Phi) is 6.84. The van der Waals surface area contributed by atoms with Crippen LogP contribution in [0.25, 0.3) is 0 Å². The van der Waals surface area contributed by atoms with Gasteiger partial charge in [-0.1, -0.05) is 5.16 Å². The molecule has 0 saturated heterocycles. The van der Waals surface area contributed by atoms with Gasteiger partial charge in [-0.05, 0) is 48.0 Å². The summed E-state index contributed by atoms with van der Waals surface area (Å²) in [6.07, 6.45) is 0. The van der Waals surface area contributed by atoms with Crippen LogP contribution >= 0.6 is 0 Å². The summed E-state index contributed by atoms with van der Waals surface area (Å²) in [5, 5.41) is 15.5. The molecule has 11 heteroatoms. The molecule has 2 N–H and O–H groups in total. The standard InChI is InChI=1S/C27H24FN3O7/c1-35-20-5-15(6-21(10-20)36-2)11-29-26(32)16-3-4-22-23(9-16)31(27(33)24(22)30-34)12-17-7-19(28)8-18-13-37-14-38-25(17)18/h3-10,34H,11-14H2,1-2H3,(H,29,32)/b30-24-. The van der Waals surface area contributed by atoms with Crippen LogP contribution in [0.1, 0.15) is 32.6 Å². The van der Waals surface area contributed by atoms with E-state index in [0.29, 0.717) is 39.6 Å². The number of fused-ring (bicyclic) bond motifs is 2. The molecule has 3 aromatic rings. The molecule has 2 amide bonds. The lowest BCUT2D eigenvalue weighted by Gasteiger charge is -2.24. The molecule has 0 fully saturated rings. The Balaban J connectivity index is 1.42. The molecular weight excluding hydrogens is 497 g/mol. The van der Waals surface area contributed by atoms with Crippen molar-refractivity contribution in [2.75, 3.05) is 25.9 Å². The molecule has 2 aliphatic rings. The van der Waals surface area contributed by atoms with E-state index in [0.717, 1.165) is 5.56 Å². The van der Waals surface area contributed by atoms with Crippen LogP contribution in [0, 0.1) is 5.82 Å². The molecule has 10 nitrogen and oxygen atoms in total. The third kappa shape index (κ3) is 4.71. The van der Waals surface area contributed by atoms with Gasteiger partial charge in [0.15, 0.2) is 12.5 Å². The van der Waals surface area contributed by atoms with Crippen LogP contribution in [0.4, 0.5) is 10.1 Å². The lowest BCUT2D eigenvalue weighted by Crippen LogP contribution is -2.30. The van der Waals surface area contributed by atoms with E-state index in [2.05, 4.69) is 10.5 Å². The Morgan fingerprint density at radius 2 is 1.89 bits per heavy atom. The first-order chi connectivity index (χ1) is 18.4. The van der Waals surface area contributed by atoms with Crippen molar-refractivity contribution in [3.8, 4) is 17.2 Å². The Morgan fingerprint density at radius 1 is 1.13 bits per heavy atom. The van der Waals surface area contributed by atoms with Crippen LogP contribution in [0.3, 0.4) is 0 Å². The van der Waals surface area contributed by atoms with Crippen LogP contribution in [0.2, 0.25) is 0 Å². The number of amides is 2. The maximum absolute atomic E-state index is 14.3. The van der Waals surface area contributed by atoms with E-state index in [1.807, 2.05) is 0 Å². The minimum atomic E-state index is -0.589. The highest BCUT2D eigenvalue weighted by atomic mass is 19.1. The van der Waals surface area contributed by atoms with Gasteiger partial charge in [0.1, 0.15) is 23.1 Å². The van der Waals surface area contributed by atoms with Gasteiger partial charge in [-0.15, -0.1) is 0 Å². The Labute approximate surface area is 217 Å². The fourth-order valence-electron chi connectivity index (χ4n) is 4.50. The van der Waals surface area contributed by atoms with Gasteiger partial charge in [0.2, 0.25) is 0 Å². The molecule has 2 heterocycles. The summed E-state index contributed by atoms with van der Waals surface area (Å²) in [6.45, 7) is 0.310. The molecular formula is C27H24FN3O7. The summed E-state index contributed by atoms with van der Waals surface area (Å²) < 4.78 is 35.7. The fourth-order valence-corrected chi connectivity index (χ4v) is 4.50. The molecule has 0 radical (unpaired) electrons. The smallest absolute Gasteiger partial charge is 0.281 e. The van der Waals surface area contributed by atoms with Crippen LogP contribution in [-0.4, -0.2) is 43.7 Å². The number of nitrogens with one attached hydrogen (secondary N) is 1. The predicted octanol–water partition coefficient (Wildman–Crippen LogP) is 3.36. The largest absolute Gasteiger partial charge is 0.497 e. The van der Waals surface area contributed by atoms with Crippen molar-refractivity contribution in [1.29, 1.82) is 0 Å². The van der Waals surface area contributed by atoms with E-state index in [-0.39, 0.29) is 43.7 Å². The van der Waals surface area contributed by atoms with Gasteiger partial charge in [0.05, 0.1) is 33.1 Å². The van der Waals surface area contributed by atoms with E-state index in [9.17, 15) is 19.2 Å². The lowest BCUT2D eigenvalue weighted by molar-refractivity contribution is -0.112. The highest BCUT2D eigenvalue weighted by Crippen LogP contribution is 2.36. The van der Waals surface area contributed by atoms with E-state index < -0.39 is 11.7 Å². The number of nitrogens with zero attached hydrogens (tertiary/aromatic N) is 2. The molecule has 0 aromatic heterocycles. The Bertz CT molecular complexity index is 1430. The molecule has 0 saturated carbocycles. The van der Waals surface area contributed by atoms with Crippen LogP contribution < -0.4 is 24.4 Å². The van der Waals surface area contributed by atoms with Crippen LogP contribution in [-0.2, 0) is 29.2 Å². The topological polar surface area (TPSA) is 119 Å². The molecule has 2 aliphatic heterocycles. The second kappa shape index (κ2) is 10.4. The first-order valence-corrected chi connectivity index (χ1v) is 11.6. The third-order valence-electron chi connectivity index (χ3n) is 6.30. The molecule has 5 rings (SSSR count). The predicted molar refractivity (Wildman–Crippen MR) is 133 cm³/mol. The van der Waals surface area contributed by atoms with Gasteiger partial charge in [0, 0.05) is 34.9 Å². The number of carbonyl (C=O) groups excluding carboxylic acids is 2. The minimum Gasteiger partial charge on any atom is -0.497 e. The van der Waals surface area contributed by atoms with Crippen molar-refractivity contribution in [3.63, 3.8) is 0 Å². The van der Waals surface area contributed by atoms with Crippen molar-refractivity contribution in [2.45, 2.75) is 19.7 Å². The second-order valence-corrected chi connectivity index (χ2v) is 8.64. The maximum Gasteiger partial charge on any atom is 0.281 e. The van der Waals surface area contributed by atoms with E-state index in [4.69, 9.17) is 18.9 Å². The number of oxime groups is 1. The van der Waals surface area contributed by atoms with E-state index >= 15 is 0 Å². The Morgan fingerprint density at radius 3 is 2.61 bits per heavy atom. The number of anilines is 1. The number of hydrogen-bond acceptors (Lipinski definition) is 8. The zero-order chi connectivity index (χ0) is 26.8. The van der Waals surface area contributed by atoms with Crippen molar-refractivity contribution in [1.82, 2.24) is 5.32 Å². The van der Waals surface area contributed by atoms with Crippen molar-refractivity contribution < 1.29 is 38.1 Å². The molecule has 196 valence electrons. The first-order valence-electron chi connectivity index (χ1n) is 11.6. The summed E-state index contributed by atoms with van der Waals surface area (Å²) in [4.78, 5) is 27.5. The fraction of sp³-hybridized carbons (Fsp3) is 0.222. The average molecular weight is 522 g/mol. The van der Waals surface area contributed by atoms with Crippen LogP contribution in [0.5, 0.6) is 17.2 Å². The lowest BCUT2D eigenvalue weighted by atomic mass is 10.1. The van der Waals surface area contributed by atoms with Gasteiger partial charge in [-0.2, -0.15) is 0 Å². The maximum atomic E-state index is 14.3. The number of rotatable bonds is 7. The summed E-state index contributed by atoms with van der Waals surface area (Å²) in [7, 11) is 3.08. The Hall–Kier alpha value is -4.64. The number of methoxy groups -OCH3 is 2. The number of halogens is 1. The van der Waals surface area contributed by atoms with Crippen LogP contribution in [0.15, 0.2) is 53.7 Å². The number of benzene rings is 3. The highest BCUT2D eigenvalue weighted by molar-refractivity contribution is 6.54. The highest BCUT2D eigenvalue weighted by Gasteiger charge is 2.36. The number of hydrogen-bond donors (Lipinski definition) is 2. The summed E-state index contributed by atoms with van der Waals surface area (Å²) in [6, 6.07) is 12.5. The van der Waals surface area contributed by atoms with Gasteiger partial charge >= 0.3 is 0 Å². The molecule has 0 aliphatic carbocycles. The molecule has 0 unspecified atom stereocenters. The molecule has 0 spiro atoms. The summed E-state index contributed by atoms with van der Waals surface area (Å²) in [5.74, 6) is 0.132. The quantitative estimate of drug-likeness (QED) is 0.362. The molecule has 38 heavy (non-hydrogen) atoms. The van der Waals surface area contributed by atoms with Gasteiger partial charge in [0.25, 0.3) is 11.8 Å². The third-order valence-corrected chi connectivity index (χ3v) is 6.30. The zero-order valence-electron chi connectivity index (χ0n) is 20.6. The van der Waals surface area contributed by atoms with E-state index in [1.54, 1.807) is 18.2 Å². The SMILES string of the molecule is COc1cc(CNC(=O)c2ccc3c(c2)N(Cc2cc(F)cc4c2OCOC4)C(=O)/C3=N\O)cc(OC)c1. The monoisotopic (exact) mass is 521 g/mol. The molecule has 0 atom stereocenters. The van der Waals surface area contributed by atoms with Gasteiger partial charge in [-0.3, -0.25) is 9.59 Å². The van der Waals surface area contributed by atoms with Crippen molar-refractivity contribution in [3.05, 3.63) is 82.2 Å². The van der Waals surface area contributed by atoms with Crippen molar-refractivity contribution in [2.24, 2.45) is 5.16 Å². The van der Waals surface area contributed by atoms with Crippen molar-refractivity contribution >= 4 is 23.2 Å². The second-order valence-electron chi connectivity index (χ2n) is 8.64. The summed E-state index contributed by atoms with van der Waals surface area (Å²) >= 11 is 0. The first kappa shape index (κ1) is 25.0. The van der Waals surface area contributed by atoms with Gasteiger partial charge < -0.3 is 34.4 Å². The zero-order valence-corrected chi connectivity index (χ0v) is 20.6. The summed E-state index contributed by atoms with van der Waals surface area (Å²) in [5.41, 5.74) is 2.51. The minimum absolute atomic E-state index is 0.00297. The van der Waals surface area contributed by atoms with Gasteiger partial charge in [-0.25, -0.2) is 4.39 Å². The molecule has 3 aromatic carbocycles. The average Bonchev–Trinajstić information content (AvgIpc) is 3.20. The number of carbonyl (C=O) groups is 2.